The summed E-state index contributed by atoms with van der Waals surface area (Å²) in [4.78, 5) is 28.7. The Morgan fingerprint density at radius 1 is 1.00 bits per heavy atom. The van der Waals surface area contributed by atoms with E-state index < -0.39 is 6.03 Å². The maximum Gasteiger partial charge on any atom is 0.324 e. The normalized spacial score (nSPS) is 14.7. The third-order valence-corrected chi connectivity index (χ3v) is 6.46. The zero-order valence-electron chi connectivity index (χ0n) is 23.0. The van der Waals surface area contributed by atoms with E-state index in [2.05, 4.69) is 59.2 Å². The summed E-state index contributed by atoms with van der Waals surface area (Å²) in [5.74, 6) is 1.64. The molecule has 10 nitrogen and oxygen atoms in total. The SMILES string of the molecule is CC(=O)NC1Cc2cc(-n3nc(C(C)(C)C)cc3NC(=O)Nc3cccc(Oc4cccnc4)c3)ccc2CN1. The number of urea groups is 1. The second-order valence-corrected chi connectivity index (χ2v) is 10.8. The highest BCUT2D eigenvalue weighted by Crippen LogP contribution is 2.29. The number of nitrogens with one attached hydrogen (secondary N) is 4. The molecule has 0 fully saturated rings. The van der Waals surface area contributed by atoms with Gasteiger partial charge in [-0.25, -0.2) is 9.48 Å². The van der Waals surface area contributed by atoms with Crippen LogP contribution in [0.5, 0.6) is 11.5 Å². The Balaban J connectivity index is 1.37. The van der Waals surface area contributed by atoms with Crippen LogP contribution in [0.4, 0.5) is 16.3 Å². The van der Waals surface area contributed by atoms with Crippen LogP contribution in [-0.2, 0) is 23.2 Å². The van der Waals surface area contributed by atoms with Gasteiger partial charge in [-0.05, 0) is 47.5 Å². The van der Waals surface area contributed by atoms with Crippen LogP contribution in [-0.4, -0.2) is 32.9 Å². The molecule has 0 aliphatic carbocycles. The number of nitrogens with zero attached hydrogens (tertiary/aromatic N) is 3. The lowest BCUT2D eigenvalue weighted by Crippen LogP contribution is -2.48. The van der Waals surface area contributed by atoms with Gasteiger partial charge >= 0.3 is 6.03 Å². The van der Waals surface area contributed by atoms with E-state index in [0.29, 0.717) is 36.0 Å². The number of anilines is 2. The maximum atomic E-state index is 13.1. The standard InChI is InChI=1S/C30H33N7O3/c1-19(38)33-27-14-21-13-23(11-10-20(21)17-32-27)37-28(16-26(36-37)30(2,3)4)35-29(39)34-22-7-5-8-24(15-22)40-25-9-6-12-31-18-25/h5-13,15-16,18,27,32H,14,17H2,1-4H3,(H,33,38)(H2,34,35,39). The van der Waals surface area contributed by atoms with Crippen molar-refractivity contribution in [3.63, 3.8) is 0 Å². The van der Waals surface area contributed by atoms with Crippen molar-refractivity contribution < 1.29 is 14.3 Å². The summed E-state index contributed by atoms with van der Waals surface area (Å²) >= 11 is 0. The molecule has 1 atom stereocenters. The molecule has 0 spiro atoms. The first-order chi connectivity index (χ1) is 19.1. The van der Waals surface area contributed by atoms with E-state index in [1.165, 1.54) is 6.92 Å². The predicted octanol–water partition coefficient (Wildman–Crippen LogP) is 5.11. The molecule has 1 aliphatic rings. The molecule has 3 heterocycles. The van der Waals surface area contributed by atoms with Crippen LogP contribution in [0.1, 0.15) is 44.5 Å². The lowest BCUT2D eigenvalue weighted by molar-refractivity contribution is -0.119. The topological polar surface area (TPSA) is 122 Å². The van der Waals surface area contributed by atoms with Crippen molar-refractivity contribution in [2.24, 2.45) is 0 Å². The first-order valence-corrected chi connectivity index (χ1v) is 13.1. The second kappa shape index (κ2) is 11.2. The van der Waals surface area contributed by atoms with Crippen molar-refractivity contribution in [3.8, 4) is 17.2 Å². The molecular formula is C30H33N7O3. The smallest absolute Gasteiger partial charge is 0.324 e. The van der Waals surface area contributed by atoms with Gasteiger partial charge in [0.1, 0.15) is 17.3 Å². The average Bonchev–Trinajstić information content (AvgIpc) is 3.33. The van der Waals surface area contributed by atoms with Gasteiger partial charge in [-0.1, -0.05) is 32.9 Å². The second-order valence-electron chi connectivity index (χ2n) is 10.8. The molecule has 4 N–H and O–H groups in total. The van der Waals surface area contributed by atoms with Gasteiger partial charge in [0, 0.05) is 49.3 Å². The minimum absolute atomic E-state index is 0.0781. The zero-order valence-corrected chi connectivity index (χ0v) is 23.0. The highest BCUT2D eigenvalue weighted by Gasteiger charge is 2.23. The molecule has 2 aromatic heterocycles. The van der Waals surface area contributed by atoms with E-state index in [1.807, 2.05) is 24.3 Å². The van der Waals surface area contributed by atoms with Crippen molar-refractivity contribution in [1.82, 2.24) is 25.4 Å². The van der Waals surface area contributed by atoms with Crippen LogP contribution in [0.3, 0.4) is 0 Å². The average molecular weight is 540 g/mol. The van der Waals surface area contributed by atoms with Gasteiger partial charge in [-0.3, -0.25) is 20.4 Å². The number of carbonyl (C=O) groups excluding carboxylic acids is 2. The van der Waals surface area contributed by atoms with Gasteiger partial charge < -0.3 is 15.4 Å². The molecule has 0 radical (unpaired) electrons. The number of rotatable bonds is 6. The molecule has 4 aromatic rings. The number of hydrogen-bond acceptors (Lipinski definition) is 6. The fraction of sp³-hybridized carbons (Fsp3) is 0.267. The number of fused-ring (bicyclic) bond motifs is 1. The number of amides is 3. The molecule has 1 unspecified atom stereocenters. The number of pyridine rings is 1. The van der Waals surface area contributed by atoms with Crippen LogP contribution < -0.4 is 26.0 Å². The molecule has 3 amide bonds. The van der Waals surface area contributed by atoms with E-state index >= 15 is 0 Å². The van der Waals surface area contributed by atoms with E-state index in [4.69, 9.17) is 9.84 Å². The molecule has 0 bridgehead atoms. The molecular weight excluding hydrogens is 506 g/mol. The fourth-order valence-corrected chi connectivity index (χ4v) is 4.47. The molecule has 10 heteroatoms. The molecule has 1 aliphatic heterocycles. The van der Waals surface area contributed by atoms with Crippen LogP contribution in [0.25, 0.3) is 5.69 Å². The van der Waals surface area contributed by atoms with E-state index in [9.17, 15) is 9.59 Å². The molecule has 40 heavy (non-hydrogen) atoms. The third kappa shape index (κ3) is 6.47. The summed E-state index contributed by atoms with van der Waals surface area (Å²) in [5.41, 5.74) is 4.28. The summed E-state index contributed by atoms with van der Waals surface area (Å²) in [7, 11) is 0. The van der Waals surface area contributed by atoms with Crippen molar-refractivity contribution in [2.45, 2.75) is 52.2 Å². The summed E-state index contributed by atoms with van der Waals surface area (Å²) < 4.78 is 7.58. The van der Waals surface area contributed by atoms with E-state index in [0.717, 1.165) is 22.5 Å². The number of benzene rings is 2. The van der Waals surface area contributed by atoms with Crippen molar-refractivity contribution in [3.05, 3.63) is 89.9 Å². The van der Waals surface area contributed by atoms with Gasteiger partial charge in [0.05, 0.1) is 23.7 Å². The Bertz CT molecular complexity index is 1530. The summed E-state index contributed by atoms with van der Waals surface area (Å²) in [6.07, 6.45) is 3.81. The summed E-state index contributed by atoms with van der Waals surface area (Å²) in [5, 5.41) is 17.0. The van der Waals surface area contributed by atoms with Crippen molar-refractivity contribution >= 4 is 23.4 Å². The highest BCUT2D eigenvalue weighted by atomic mass is 16.5. The van der Waals surface area contributed by atoms with Crippen LogP contribution in [0.15, 0.2) is 73.1 Å². The largest absolute Gasteiger partial charge is 0.456 e. The monoisotopic (exact) mass is 539 g/mol. The van der Waals surface area contributed by atoms with Crippen LogP contribution >= 0.6 is 0 Å². The lowest BCUT2D eigenvalue weighted by atomic mass is 9.92. The van der Waals surface area contributed by atoms with Gasteiger partial charge in [0.25, 0.3) is 0 Å². The van der Waals surface area contributed by atoms with Crippen LogP contribution in [0, 0.1) is 0 Å². The fourth-order valence-electron chi connectivity index (χ4n) is 4.47. The number of ether oxygens (including phenoxy) is 1. The van der Waals surface area contributed by atoms with Gasteiger partial charge in [-0.2, -0.15) is 5.10 Å². The van der Waals surface area contributed by atoms with Crippen molar-refractivity contribution in [1.29, 1.82) is 0 Å². The molecule has 2 aromatic carbocycles. The number of aromatic nitrogens is 3. The van der Waals surface area contributed by atoms with Gasteiger partial charge in [0.2, 0.25) is 5.91 Å². The Labute approximate surface area is 233 Å². The highest BCUT2D eigenvalue weighted by molar-refractivity contribution is 5.99. The Kier molecular flexibility index (Phi) is 7.52. The Hall–Kier alpha value is -4.70. The molecule has 0 saturated heterocycles. The predicted molar refractivity (Wildman–Crippen MR) is 154 cm³/mol. The molecule has 206 valence electrons. The number of hydrogen-bond donors (Lipinski definition) is 4. The molecule has 0 saturated carbocycles. The summed E-state index contributed by atoms with van der Waals surface area (Å²) in [6.45, 7) is 8.40. The van der Waals surface area contributed by atoms with Gasteiger partial charge in [0.15, 0.2) is 0 Å². The quantitative estimate of drug-likeness (QED) is 0.270. The Morgan fingerprint density at radius 2 is 1.82 bits per heavy atom. The third-order valence-electron chi connectivity index (χ3n) is 6.46. The minimum Gasteiger partial charge on any atom is -0.456 e. The van der Waals surface area contributed by atoms with Gasteiger partial charge in [-0.15, -0.1) is 0 Å². The van der Waals surface area contributed by atoms with E-state index in [-0.39, 0.29) is 17.5 Å². The lowest BCUT2D eigenvalue weighted by Gasteiger charge is -2.27. The zero-order chi connectivity index (χ0) is 28.3. The Morgan fingerprint density at radius 3 is 2.58 bits per heavy atom. The van der Waals surface area contributed by atoms with Crippen LogP contribution in [0.2, 0.25) is 0 Å². The van der Waals surface area contributed by atoms with E-state index in [1.54, 1.807) is 41.3 Å². The summed E-state index contributed by atoms with van der Waals surface area (Å²) in [6, 6.07) is 18.3. The minimum atomic E-state index is -0.409. The molecule has 5 rings (SSSR count). The first-order valence-electron chi connectivity index (χ1n) is 13.1. The number of carbonyl (C=O) groups is 2. The van der Waals surface area contributed by atoms with Crippen molar-refractivity contribution in [2.75, 3.05) is 10.6 Å². The first kappa shape index (κ1) is 26.9. The maximum absolute atomic E-state index is 13.1.